The Bertz CT molecular complexity index is 647. The van der Waals surface area contributed by atoms with E-state index in [1.807, 2.05) is 55.6 Å². The smallest absolute Gasteiger partial charge is 0.329 e. The molecule has 0 aliphatic heterocycles. The number of rotatable bonds is 5. The number of anilines is 1. The Morgan fingerprint density at radius 3 is 2.43 bits per heavy atom. The number of carbonyl (C=O) groups is 1. The molecule has 0 bridgehead atoms. The van der Waals surface area contributed by atoms with Crippen molar-refractivity contribution in [3.05, 3.63) is 60.8 Å². The quantitative estimate of drug-likeness (QED) is 0.854. The highest BCUT2D eigenvalue weighted by atomic mass is 16.5. The van der Waals surface area contributed by atoms with Crippen molar-refractivity contribution in [2.45, 2.75) is 0 Å². The fourth-order valence-corrected chi connectivity index (χ4v) is 2.05. The van der Waals surface area contributed by atoms with E-state index in [1.165, 1.54) is 6.20 Å². The number of aliphatic carboxylic acids is 1. The zero-order valence-corrected chi connectivity index (χ0v) is 12.0. The van der Waals surface area contributed by atoms with Gasteiger partial charge in [-0.1, -0.05) is 30.3 Å². The molecular formula is C17H17NO3. The van der Waals surface area contributed by atoms with Crippen molar-refractivity contribution in [2.75, 3.05) is 19.1 Å². The van der Waals surface area contributed by atoms with E-state index in [4.69, 9.17) is 9.84 Å². The fourth-order valence-electron chi connectivity index (χ4n) is 2.05. The SMILES string of the molecule is COc1ccc(-c2ccccc2N(C)C=CC(=O)O)cc1. The number of nitrogens with zero attached hydrogens (tertiary/aromatic N) is 1. The Kier molecular flexibility index (Phi) is 4.61. The summed E-state index contributed by atoms with van der Waals surface area (Å²) in [6.45, 7) is 0. The zero-order chi connectivity index (χ0) is 15.2. The van der Waals surface area contributed by atoms with Crippen LogP contribution in [0.5, 0.6) is 5.75 Å². The van der Waals surface area contributed by atoms with Crippen molar-refractivity contribution in [3.8, 4) is 16.9 Å². The number of hydrogen-bond donors (Lipinski definition) is 1. The minimum atomic E-state index is -0.969. The number of para-hydroxylation sites is 1. The Balaban J connectivity index is 2.37. The molecule has 0 atom stereocenters. The molecule has 0 aliphatic carbocycles. The van der Waals surface area contributed by atoms with Crippen molar-refractivity contribution < 1.29 is 14.6 Å². The van der Waals surface area contributed by atoms with Gasteiger partial charge in [0.15, 0.2) is 0 Å². The highest BCUT2D eigenvalue weighted by molar-refractivity contribution is 5.82. The fraction of sp³-hybridized carbons (Fsp3) is 0.118. The van der Waals surface area contributed by atoms with Crippen LogP contribution in [0.1, 0.15) is 0 Å². The van der Waals surface area contributed by atoms with Crippen LogP contribution < -0.4 is 9.64 Å². The predicted octanol–water partition coefficient (Wildman–Crippen LogP) is 3.40. The minimum absolute atomic E-state index is 0.801. The van der Waals surface area contributed by atoms with Gasteiger partial charge in [-0.05, 0) is 23.8 Å². The molecule has 0 aliphatic rings. The van der Waals surface area contributed by atoms with Gasteiger partial charge in [0.25, 0.3) is 0 Å². The van der Waals surface area contributed by atoms with Gasteiger partial charge in [0, 0.05) is 30.6 Å². The number of carboxylic acids is 1. The first-order valence-corrected chi connectivity index (χ1v) is 6.49. The second-order valence-electron chi connectivity index (χ2n) is 4.51. The van der Waals surface area contributed by atoms with Crippen LogP contribution in [0.4, 0.5) is 5.69 Å². The van der Waals surface area contributed by atoms with Gasteiger partial charge in [-0.25, -0.2) is 4.79 Å². The van der Waals surface area contributed by atoms with E-state index in [-0.39, 0.29) is 0 Å². The van der Waals surface area contributed by atoms with E-state index in [0.717, 1.165) is 28.6 Å². The molecule has 2 rings (SSSR count). The molecule has 0 unspecified atom stereocenters. The molecule has 0 fully saturated rings. The second-order valence-corrected chi connectivity index (χ2v) is 4.51. The Hall–Kier alpha value is -2.75. The lowest BCUT2D eigenvalue weighted by atomic mass is 10.0. The van der Waals surface area contributed by atoms with E-state index in [1.54, 1.807) is 12.0 Å². The molecular weight excluding hydrogens is 266 g/mol. The molecule has 0 spiro atoms. The normalized spacial score (nSPS) is 10.6. The zero-order valence-electron chi connectivity index (χ0n) is 12.0. The van der Waals surface area contributed by atoms with Crippen LogP contribution in [-0.2, 0) is 4.79 Å². The van der Waals surface area contributed by atoms with Crippen molar-refractivity contribution in [2.24, 2.45) is 0 Å². The minimum Gasteiger partial charge on any atom is -0.497 e. The van der Waals surface area contributed by atoms with Crippen LogP contribution >= 0.6 is 0 Å². The van der Waals surface area contributed by atoms with Crippen LogP contribution in [0, 0.1) is 0 Å². The predicted molar refractivity (Wildman–Crippen MR) is 83.6 cm³/mol. The highest BCUT2D eigenvalue weighted by Crippen LogP contribution is 2.31. The van der Waals surface area contributed by atoms with Crippen LogP contribution in [0.2, 0.25) is 0 Å². The van der Waals surface area contributed by atoms with Crippen molar-refractivity contribution in [1.29, 1.82) is 0 Å². The van der Waals surface area contributed by atoms with Gasteiger partial charge < -0.3 is 14.7 Å². The van der Waals surface area contributed by atoms with E-state index in [0.29, 0.717) is 0 Å². The number of methoxy groups -OCH3 is 1. The largest absolute Gasteiger partial charge is 0.497 e. The first-order chi connectivity index (χ1) is 10.1. The van der Waals surface area contributed by atoms with Crippen LogP contribution in [0.15, 0.2) is 60.8 Å². The Labute approximate surface area is 123 Å². The lowest BCUT2D eigenvalue weighted by molar-refractivity contribution is -0.131. The summed E-state index contributed by atoms with van der Waals surface area (Å²) in [7, 11) is 3.45. The van der Waals surface area contributed by atoms with Gasteiger partial charge in [-0.15, -0.1) is 0 Å². The van der Waals surface area contributed by atoms with Crippen LogP contribution in [0.25, 0.3) is 11.1 Å². The summed E-state index contributed by atoms with van der Waals surface area (Å²) in [5.74, 6) is -0.167. The molecule has 0 saturated heterocycles. The van der Waals surface area contributed by atoms with E-state index in [9.17, 15) is 4.79 Å². The molecule has 0 amide bonds. The third-order valence-corrected chi connectivity index (χ3v) is 3.13. The van der Waals surface area contributed by atoms with Crippen LogP contribution in [-0.4, -0.2) is 25.2 Å². The van der Waals surface area contributed by atoms with E-state index >= 15 is 0 Å². The summed E-state index contributed by atoms with van der Waals surface area (Å²) in [6.07, 6.45) is 2.65. The van der Waals surface area contributed by atoms with Gasteiger partial charge >= 0.3 is 5.97 Å². The highest BCUT2D eigenvalue weighted by Gasteiger charge is 2.07. The number of ether oxygens (including phenoxy) is 1. The first kappa shape index (κ1) is 14.7. The summed E-state index contributed by atoms with van der Waals surface area (Å²) in [5.41, 5.74) is 3.00. The summed E-state index contributed by atoms with van der Waals surface area (Å²) < 4.78 is 5.16. The van der Waals surface area contributed by atoms with Gasteiger partial charge in [0.05, 0.1) is 7.11 Å². The van der Waals surface area contributed by atoms with Gasteiger partial charge in [-0.3, -0.25) is 0 Å². The molecule has 4 nitrogen and oxygen atoms in total. The Morgan fingerprint density at radius 1 is 1.14 bits per heavy atom. The Morgan fingerprint density at radius 2 is 1.81 bits per heavy atom. The molecule has 0 aromatic heterocycles. The topological polar surface area (TPSA) is 49.8 Å². The average Bonchev–Trinajstić information content (AvgIpc) is 2.52. The maximum atomic E-state index is 10.6. The summed E-state index contributed by atoms with van der Waals surface area (Å²) in [5, 5.41) is 8.73. The second kappa shape index (κ2) is 6.61. The molecule has 0 heterocycles. The maximum absolute atomic E-state index is 10.6. The first-order valence-electron chi connectivity index (χ1n) is 6.49. The maximum Gasteiger partial charge on any atom is 0.329 e. The molecule has 0 saturated carbocycles. The molecule has 4 heteroatoms. The van der Waals surface area contributed by atoms with E-state index in [2.05, 4.69) is 0 Å². The lowest BCUT2D eigenvalue weighted by Crippen LogP contribution is -2.10. The molecule has 21 heavy (non-hydrogen) atoms. The van der Waals surface area contributed by atoms with Crippen LogP contribution in [0.3, 0.4) is 0 Å². The molecule has 2 aromatic rings. The summed E-state index contributed by atoms with van der Waals surface area (Å²) >= 11 is 0. The average molecular weight is 283 g/mol. The molecule has 1 N–H and O–H groups in total. The standard InChI is InChI=1S/C17H17NO3/c1-18(12-11-17(19)20)16-6-4-3-5-15(16)13-7-9-14(21-2)10-8-13/h3-12H,1-2H3,(H,19,20). The third-order valence-electron chi connectivity index (χ3n) is 3.13. The number of benzene rings is 2. The van der Waals surface area contributed by atoms with Crippen molar-refractivity contribution in [3.63, 3.8) is 0 Å². The summed E-state index contributed by atoms with van der Waals surface area (Å²) in [4.78, 5) is 12.4. The molecule has 108 valence electrons. The van der Waals surface area contributed by atoms with Gasteiger partial charge in [0.2, 0.25) is 0 Å². The van der Waals surface area contributed by atoms with Crippen molar-refractivity contribution >= 4 is 11.7 Å². The van der Waals surface area contributed by atoms with Crippen molar-refractivity contribution in [1.82, 2.24) is 0 Å². The lowest BCUT2D eigenvalue weighted by Gasteiger charge is -2.18. The number of hydrogen-bond acceptors (Lipinski definition) is 3. The summed E-state index contributed by atoms with van der Waals surface area (Å²) in [6, 6.07) is 15.6. The third kappa shape index (κ3) is 3.63. The molecule has 0 radical (unpaired) electrons. The number of carboxylic acid groups (broad SMARTS) is 1. The van der Waals surface area contributed by atoms with E-state index < -0.39 is 5.97 Å². The monoisotopic (exact) mass is 283 g/mol. The molecule has 2 aromatic carbocycles. The van der Waals surface area contributed by atoms with Gasteiger partial charge in [-0.2, -0.15) is 0 Å². The van der Waals surface area contributed by atoms with Gasteiger partial charge in [0.1, 0.15) is 5.75 Å².